The SMILES string of the molecule is OCCCc1ccncc1Br. The molecule has 0 radical (unpaired) electrons. The van der Waals surface area contributed by atoms with E-state index >= 15 is 0 Å². The number of aromatic nitrogens is 1. The van der Waals surface area contributed by atoms with Gasteiger partial charge in [-0.3, -0.25) is 4.98 Å². The zero-order valence-corrected chi connectivity index (χ0v) is 7.71. The Morgan fingerprint density at radius 3 is 3.00 bits per heavy atom. The maximum atomic E-state index is 8.59. The zero-order valence-electron chi connectivity index (χ0n) is 6.13. The lowest BCUT2D eigenvalue weighted by atomic mass is 10.1. The summed E-state index contributed by atoms with van der Waals surface area (Å²) in [6.45, 7) is 0.245. The predicted octanol–water partition coefficient (Wildman–Crippen LogP) is 1.77. The second-order valence-corrected chi connectivity index (χ2v) is 3.15. The van der Waals surface area contributed by atoms with Gasteiger partial charge in [0, 0.05) is 23.5 Å². The normalized spacial score (nSPS) is 10.0. The Morgan fingerprint density at radius 1 is 1.55 bits per heavy atom. The Balaban J connectivity index is 2.62. The van der Waals surface area contributed by atoms with Crippen molar-refractivity contribution >= 4 is 15.9 Å². The molecule has 0 unspecified atom stereocenters. The summed E-state index contributed by atoms with van der Waals surface area (Å²) in [6.07, 6.45) is 5.24. The second-order valence-electron chi connectivity index (χ2n) is 2.29. The van der Waals surface area contributed by atoms with E-state index in [1.54, 1.807) is 12.4 Å². The lowest BCUT2D eigenvalue weighted by Crippen LogP contribution is -1.90. The van der Waals surface area contributed by atoms with Crippen molar-refractivity contribution in [1.82, 2.24) is 4.98 Å². The van der Waals surface area contributed by atoms with Gasteiger partial charge in [-0.1, -0.05) is 0 Å². The van der Waals surface area contributed by atoms with Crippen molar-refractivity contribution in [1.29, 1.82) is 0 Å². The standard InChI is InChI=1S/C8H10BrNO/c9-8-6-10-4-3-7(8)2-1-5-11/h3-4,6,11H,1-2,5H2. The number of pyridine rings is 1. The maximum absolute atomic E-state index is 8.59. The molecule has 0 saturated heterocycles. The van der Waals surface area contributed by atoms with Crippen LogP contribution in [0, 0.1) is 0 Å². The van der Waals surface area contributed by atoms with Gasteiger partial charge in [-0.25, -0.2) is 0 Å². The summed E-state index contributed by atoms with van der Waals surface area (Å²) >= 11 is 3.38. The summed E-state index contributed by atoms with van der Waals surface area (Å²) in [4.78, 5) is 3.94. The zero-order chi connectivity index (χ0) is 8.10. The average Bonchev–Trinajstić information content (AvgIpc) is 2.03. The van der Waals surface area contributed by atoms with Crippen LogP contribution >= 0.6 is 15.9 Å². The van der Waals surface area contributed by atoms with Gasteiger partial charge in [0.25, 0.3) is 0 Å². The van der Waals surface area contributed by atoms with Crippen molar-refractivity contribution in [2.75, 3.05) is 6.61 Å². The van der Waals surface area contributed by atoms with Crippen LogP contribution in [0.4, 0.5) is 0 Å². The fourth-order valence-corrected chi connectivity index (χ4v) is 1.32. The smallest absolute Gasteiger partial charge is 0.0434 e. The molecular formula is C8H10BrNO. The average molecular weight is 216 g/mol. The van der Waals surface area contributed by atoms with Crippen LogP contribution in [0.15, 0.2) is 22.9 Å². The Morgan fingerprint density at radius 2 is 2.36 bits per heavy atom. The molecule has 0 aliphatic heterocycles. The highest BCUT2D eigenvalue weighted by atomic mass is 79.9. The summed E-state index contributed by atoms with van der Waals surface area (Å²) in [5.41, 5.74) is 1.20. The number of nitrogens with zero attached hydrogens (tertiary/aromatic N) is 1. The van der Waals surface area contributed by atoms with Crippen molar-refractivity contribution in [3.05, 3.63) is 28.5 Å². The van der Waals surface area contributed by atoms with Gasteiger partial charge in [0.05, 0.1) is 0 Å². The molecule has 0 saturated carbocycles. The van der Waals surface area contributed by atoms with E-state index in [4.69, 9.17) is 5.11 Å². The van der Waals surface area contributed by atoms with Crippen molar-refractivity contribution in [3.8, 4) is 0 Å². The van der Waals surface area contributed by atoms with E-state index in [0.29, 0.717) is 0 Å². The van der Waals surface area contributed by atoms with E-state index in [1.807, 2.05) is 6.07 Å². The minimum Gasteiger partial charge on any atom is -0.396 e. The van der Waals surface area contributed by atoms with Gasteiger partial charge in [0.15, 0.2) is 0 Å². The van der Waals surface area contributed by atoms with E-state index in [2.05, 4.69) is 20.9 Å². The highest BCUT2D eigenvalue weighted by molar-refractivity contribution is 9.10. The van der Waals surface area contributed by atoms with Crippen molar-refractivity contribution in [2.45, 2.75) is 12.8 Å². The van der Waals surface area contributed by atoms with Gasteiger partial charge < -0.3 is 5.11 Å². The van der Waals surface area contributed by atoms with Crippen molar-refractivity contribution < 1.29 is 5.11 Å². The molecular weight excluding hydrogens is 206 g/mol. The third-order valence-corrected chi connectivity index (χ3v) is 2.17. The minimum absolute atomic E-state index is 0.245. The molecule has 0 aromatic carbocycles. The second kappa shape index (κ2) is 4.46. The Hall–Kier alpha value is -0.410. The highest BCUT2D eigenvalue weighted by Crippen LogP contribution is 2.15. The topological polar surface area (TPSA) is 33.1 Å². The number of aliphatic hydroxyl groups excluding tert-OH is 1. The summed E-state index contributed by atoms with van der Waals surface area (Å²) in [5.74, 6) is 0. The van der Waals surface area contributed by atoms with Gasteiger partial charge in [-0.15, -0.1) is 0 Å². The molecule has 0 aliphatic carbocycles. The molecule has 3 heteroatoms. The van der Waals surface area contributed by atoms with Crippen LogP contribution in [-0.2, 0) is 6.42 Å². The summed E-state index contributed by atoms with van der Waals surface area (Å²) in [5, 5.41) is 8.59. The molecule has 1 aromatic rings. The van der Waals surface area contributed by atoms with E-state index in [-0.39, 0.29) is 6.61 Å². The Bertz CT molecular complexity index is 227. The highest BCUT2D eigenvalue weighted by Gasteiger charge is 1.96. The Labute approximate surface area is 74.4 Å². The number of hydrogen-bond donors (Lipinski definition) is 1. The third-order valence-electron chi connectivity index (χ3n) is 1.46. The van der Waals surface area contributed by atoms with E-state index < -0.39 is 0 Å². The number of rotatable bonds is 3. The van der Waals surface area contributed by atoms with Crippen LogP contribution in [0.25, 0.3) is 0 Å². The molecule has 0 bridgehead atoms. The van der Waals surface area contributed by atoms with E-state index in [0.717, 1.165) is 17.3 Å². The number of aryl methyl sites for hydroxylation is 1. The van der Waals surface area contributed by atoms with Crippen molar-refractivity contribution in [3.63, 3.8) is 0 Å². The molecule has 1 heterocycles. The molecule has 0 atom stereocenters. The van der Waals surface area contributed by atoms with Crippen LogP contribution in [-0.4, -0.2) is 16.7 Å². The molecule has 1 N–H and O–H groups in total. The first kappa shape index (κ1) is 8.68. The number of halogens is 1. The van der Waals surface area contributed by atoms with Gasteiger partial charge >= 0.3 is 0 Å². The van der Waals surface area contributed by atoms with Crippen LogP contribution in [0.5, 0.6) is 0 Å². The first-order valence-electron chi connectivity index (χ1n) is 3.54. The lowest BCUT2D eigenvalue weighted by Gasteiger charge is -2.00. The lowest BCUT2D eigenvalue weighted by molar-refractivity contribution is 0.288. The third kappa shape index (κ3) is 2.60. The minimum atomic E-state index is 0.245. The predicted molar refractivity (Wildman–Crippen MR) is 47.3 cm³/mol. The van der Waals surface area contributed by atoms with Crippen LogP contribution in [0.2, 0.25) is 0 Å². The van der Waals surface area contributed by atoms with E-state index in [1.165, 1.54) is 5.56 Å². The monoisotopic (exact) mass is 215 g/mol. The maximum Gasteiger partial charge on any atom is 0.0434 e. The van der Waals surface area contributed by atoms with Gasteiger partial charge in [0.2, 0.25) is 0 Å². The van der Waals surface area contributed by atoms with Crippen LogP contribution < -0.4 is 0 Å². The number of aliphatic hydroxyl groups is 1. The molecule has 1 rings (SSSR count). The van der Waals surface area contributed by atoms with E-state index in [9.17, 15) is 0 Å². The Kier molecular flexibility index (Phi) is 3.52. The molecule has 11 heavy (non-hydrogen) atoms. The number of hydrogen-bond acceptors (Lipinski definition) is 2. The first-order chi connectivity index (χ1) is 5.34. The molecule has 0 amide bonds. The molecule has 0 aliphatic rings. The molecule has 60 valence electrons. The largest absolute Gasteiger partial charge is 0.396 e. The fourth-order valence-electron chi connectivity index (χ4n) is 0.876. The summed E-state index contributed by atoms with van der Waals surface area (Å²) in [6, 6.07) is 1.96. The van der Waals surface area contributed by atoms with Crippen molar-refractivity contribution in [2.24, 2.45) is 0 Å². The first-order valence-corrected chi connectivity index (χ1v) is 4.33. The van der Waals surface area contributed by atoms with Gasteiger partial charge in [-0.05, 0) is 40.4 Å². The molecule has 2 nitrogen and oxygen atoms in total. The van der Waals surface area contributed by atoms with Crippen LogP contribution in [0.3, 0.4) is 0 Å². The summed E-state index contributed by atoms with van der Waals surface area (Å²) in [7, 11) is 0. The van der Waals surface area contributed by atoms with Crippen LogP contribution in [0.1, 0.15) is 12.0 Å². The van der Waals surface area contributed by atoms with Gasteiger partial charge in [-0.2, -0.15) is 0 Å². The summed E-state index contributed by atoms with van der Waals surface area (Å²) < 4.78 is 1.02. The molecule has 0 spiro atoms. The quantitative estimate of drug-likeness (QED) is 0.835. The van der Waals surface area contributed by atoms with Gasteiger partial charge in [0.1, 0.15) is 0 Å². The molecule has 0 fully saturated rings. The molecule has 1 aromatic heterocycles. The fraction of sp³-hybridized carbons (Fsp3) is 0.375.